The molecule has 1 unspecified atom stereocenters. The van der Waals surface area contributed by atoms with Crippen LogP contribution >= 0.6 is 0 Å². The molecule has 0 radical (unpaired) electrons. The van der Waals surface area contributed by atoms with Crippen molar-refractivity contribution in [1.82, 2.24) is 25.2 Å². The summed E-state index contributed by atoms with van der Waals surface area (Å²) in [7, 11) is 1.87. The zero-order valence-electron chi connectivity index (χ0n) is 17.6. The Bertz CT molecular complexity index is 823. The maximum absolute atomic E-state index is 12.7. The molecule has 30 heavy (non-hydrogen) atoms. The molecule has 2 N–H and O–H groups in total. The summed E-state index contributed by atoms with van der Waals surface area (Å²) in [6.45, 7) is 4.39. The van der Waals surface area contributed by atoms with Crippen LogP contribution < -0.4 is 15.5 Å². The average Bonchev–Trinajstić information content (AvgIpc) is 2.83. The van der Waals surface area contributed by atoms with Crippen molar-refractivity contribution in [3.05, 3.63) is 42.4 Å². The molecular weight excluding hydrogens is 378 g/mol. The van der Waals surface area contributed by atoms with Gasteiger partial charge in [-0.15, -0.1) is 0 Å². The number of hydrogen-bond donors (Lipinski definition) is 2. The topological polar surface area (TPSA) is 86.3 Å². The maximum atomic E-state index is 12.7. The zero-order chi connectivity index (χ0) is 20.8. The third kappa shape index (κ3) is 5.05. The second-order valence-electron chi connectivity index (χ2n) is 8.12. The van der Waals surface area contributed by atoms with Crippen LogP contribution in [0.2, 0.25) is 0 Å². The van der Waals surface area contributed by atoms with Gasteiger partial charge in [0.1, 0.15) is 5.82 Å². The van der Waals surface area contributed by atoms with Crippen molar-refractivity contribution >= 4 is 17.7 Å². The minimum Gasteiger partial charge on any atom is -0.373 e. The quantitative estimate of drug-likeness (QED) is 0.754. The lowest BCUT2D eigenvalue weighted by Gasteiger charge is -2.42. The highest BCUT2D eigenvalue weighted by Crippen LogP contribution is 2.25. The molecule has 2 aliphatic heterocycles. The van der Waals surface area contributed by atoms with Crippen LogP contribution in [0, 0.1) is 5.92 Å². The second-order valence-corrected chi connectivity index (χ2v) is 8.12. The standard InChI is InChI=1S/C22H31N7O/c1-23-20-6-10-25-22(27-20)28-12-7-19(8-13-28)29-11-3-5-18(16-29)21(30)26-15-17-4-2-9-24-14-17/h2,4,6,9-10,14,18-19H,3,5,7-8,11-13,15-16H2,1H3,(H,26,30)(H,23,25,27). The van der Waals surface area contributed by atoms with Crippen LogP contribution in [0.3, 0.4) is 0 Å². The van der Waals surface area contributed by atoms with E-state index in [9.17, 15) is 4.79 Å². The molecule has 2 fully saturated rings. The van der Waals surface area contributed by atoms with E-state index in [1.54, 1.807) is 18.6 Å². The van der Waals surface area contributed by atoms with Crippen molar-refractivity contribution in [3.63, 3.8) is 0 Å². The third-order valence-electron chi connectivity index (χ3n) is 6.18. The number of amides is 1. The Morgan fingerprint density at radius 3 is 2.80 bits per heavy atom. The highest BCUT2D eigenvalue weighted by molar-refractivity contribution is 5.78. The summed E-state index contributed by atoms with van der Waals surface area (Å²) in [6, 6.07) is 6.30. The molecule has 8 nitrogen and oxygen atoms in total. The van der Waals surface area contributed by atoms with Gasteiger partial charge >= 0.3 is 0 Å². The molecule has 160 valence electrons. The highest BCUT2D eigenvalue weighted by atomic mass is 16.1. The van der Waals surface area contributed by atoms with Gasteiger partial charge in [-0.25, -0.2) is 4.98 Å². The van der Waals surface area contributed by atoms with E-state index in [1.165, 1.54) is 0 Å². The van der Waals surface area contributed by atoms with E-state index < -0.39 is 0 Å². The second kappa shape index (κ2) is 9.84. The van der Waals surface area contributed by atoms with Gasteiger partial charge in [0, 0.05) is 57.9 Å². The molecular formula is C22H31N7O. The van der Waals surface area contributed by atoms with Crippen molar-refractivity contribution in [1.29, 1.82) is 0 Å². The van der Waals surface area contributed by atoms with Crippen molar-refractivity contribution in [2.75, 3.05) is 43.4 Å². The van der Waals surface area contributed by atoms with Crippen LogP contribution in [-0.2, 0) is 11.3 Å². The summed E-state index contributed by atoms with van der Waals surface area (Å²) in [5, 5.41) is 6.17. The predicted octanol–water partition coefficient (Wildman–Crippen LogP) is 1.91. The number of carbonyl (C=O) groups is 1. The molecule has 4 rings (SSSR count). The number of hydrogen-bond acceptors (Lipinski definition) is 7. The van der Waals surface area contributed by atoms with E-state index in [0.29, 0.717) is 12.6 Å². The van der Waals surface area contributed by atoms with Crippen molar-refractivity contribution in [2.24, 2.45) is 5.92 Å². The summed E-state index contributed by atoms with van der Waals surface area (Å²) < 4.78 is 0. The van der Waals surface area contributed by atoms with E-state index in [-0.39, 0.29) is 11.8 Å². The van der Waals surface area contributed by atoms with Crippen LogP contribution in [0.5, 0.6) is 0 Å². The summed E-state index contributed by atoms with van der Waals surface area (Å²) in [5.41, 5.74) is 1.04. The van der Waals surface area contributed by atoms with Crippen LogP contribution in [-0.4, -0.2) is 65.0 Å². The fraction of sp³-hybridized carbons (Fsp3) is 0.545. The first-order valence-corrected chi connectivity index (χ1v) is 10.9. The smallest absolute Gasteiger partial charge is 0.227 e. The van der Waals surface area contributed by atoms with Gasteiger partial charge in [-0.1, -0.05) is 6.07 Å². The number of nitrogens with zero attached hydrogens (tertiary/aromatic N) is 5. The van der Waals surface area contributed by atoms with Crippen LogP contribution in [0.25, 0.3) is 0 Å². The Morgan fingerprint density at radius 2 is 2.03 bits per heavy atom. The number of rotatable bonds is 6. The molecule has 0 bridgehead atoms. The number of anilines is 2. The minimum absolute atomic E-state index is 0.0732. The lowest BCUT2D eigenvalue weighted by molar-refractivity contribution is -0.127. The van der Waals surface area contributed by atoms with Gasteiger partial charge in [0.2, 0.25) is 11.9 Å². The summed E-state index contributed by atoms with van der Waals surface area (Å²) in [6.07, 6.45) is 9.57. The van der Waals surface area contributed by atoms with E-state index in [2.05, 4.69) is 35.4 Å². The van der Waals surface area contributed by atoms with E-state index in [4.69, 9.17) is 0 Å². The Hall–Kier alpha value is -2.74. The number of pyridine rings is 1. The monoisotopic (exact) mass is 409 g/mol. The lowest BCUT2D eigenvalue weighted by atomic mass is 9.93. The molecule has 4 heterocycles. The highest BCUT2D eigenvalue weighted by Gasteiger charge is 2.32. The lowest BCUT2D eigenvalue weighted by Crippen LogP contribution is -2.51. The summed E-state index contributed by atoms with van der Waals surface area (Å²) in [5.74, 6) is 1.88. The number of carbonyl (C=O) groups excluding carboxylic acids is 1. The maximum Gasteiger partial charge on any atom is 0.227 e. The molecule has 8 heteroatoms. The van der Waals surface area contributed by atoms with Gasteiger partial charge in [0.25, 0.3) is 0 Å². The Balaban J connectivity index is 1.27. The van der Waals surface area contributed by atoms with Crippen molar-refractivity contribution in [3.8, 4) is 0 Å². The van der Waals surface area contributed by atoms with Gasteiger partial charge < -0.3 is 15.5 Å². The first-order valence-electron chi connectivity index (χ1n) is 10.9. The molecule has 1 atom stereocenters. The van der Waals surface area contributed by atoms with Gasteiger partial charge in [-0.05, 0) is 49.9 Å². The number of aromatic nitrogens is 3. The average molecular weight is 410 g/mol. The predicted molar refractivity (Wildman–Crippen MR) is 117 cm³/mol. The normalized spacial score (nSPS) is 20.7. The number of likely N-dealkylation sites (tertiary alicyclic amines) is 1. The molecule has 2 saturated heterocycles. The van der Waals surface area contributed by atoms with Crippen LogP contribution in [0.1, 0.15) is 31.2 Å². The molecule has 2 aromatic rings. The van der Waals surface area contributed by atoms with E-state index in [1.807, 2.05) is 25.2 Å². The Labute approximate surface area is 178 Å². The molecule has 0 aromatic carbocycles. The molecule has 0 spiro atoms. The molecule has 0 saturated carbocycles. The first-order chi connectivity index (χ1) is 14.7. The van der Waals surface area contributed by atoms with Gasteiger partial charge in [-0.3, -0.25) is 14.7 Å². The first kappa shape index (κ1) is 20.5. The minimum atomic E-state index is 0.0732. The largest absolute Gasteiger partial charge is 0.373 e. The van der Waals surface area contributed by atoms with Crippen LogP contribution in [0.15, 0.2) is 36.8 Å². The fourth-order valence-corrected chi connectivity index (χ4v) is 4.46. The zero-order valence-corrected chi connectivity index (χ0v) is 17.6. The molecule has 1 amide bonds. The van der Waals surface area contributed by atoms with Crippen LogP contribution in [0.4, 0.5) is 11.8 Å². The number of nitrogens with one attached hydrogen (secondary N) is 2. The SMILES string of the molecule is CNc1ccnc(N2CCC(N3CCCC(C(=O)NCc4cccnc4)C3)CC2)n1. The third-order valence-corrected chi connectivity index (χ3v) is 6.18. The van der Waals surface area contributed by atoms with Gasteiger partial charge in [-0.2, -0.15) is 4.98 Å². The summed E-state index contributed by atoms with van der Waals surface area (Å²) in [4.78, 5) is 30.6. The Morgan fingerprint density at radius 1 is 1.17 bits per heavy atom. The number of piperidine rings is 2. The van der Waals surface area contributed by atoms with Gasteiger partial charge in [0.15, 0.2) is 0 Å². The van der Waals surface area contributed by atoms with Crippen molar-refractivity contribution < 1.29 is 4.79 Å². The molecule has 2 aromatic heterocycles. The van der Waals surface area contributed by atoms with Crippen molar-refractivity contribution in [2.45, 2.75) is 38.3 Å². The summed E-state index contributed by atoms with van der Waals surface area (Å²) >= 11 is 0. The Kier molecular flexibility index (Phi) is 6.74. The van der Waals surface area contributed by atoms with E-state index in [0.717, 1.165) is 69.2 Å². The van der Waals surface area contributed by atoms with Gasteiger partial charge in [0.05, 0.1) is 5.92 Å². The molecule has 2 aliphatic rings. The molecule has 0 aliphatic carbocycles. The van der Waals surface area contributed by atoms with E-state index >= 15 is 0 Å². The fourth-order valence-electron chi connectivity index (χ4n) is 4.46.